The Kier molecular flexibility index (Phi) is 6.42. The van der Waals surface area contributed by atoms with Gasteiger partial charge in [0.05, 0.1) is 6.61 Å². The van der Waals surface area contributed by atoms with Gasteiger partial charge in [0.15, 0.2) is 6.29 Å². The van der Waals surface area contributed by atoms with Gasteiger partial charge >= 0.3 is 6.09 Å². The van der Waals surface area contributed by atoms with Gasteiger partial charge in [-0.05, 0) is 80.5 Å². The summed E-state index contributed by atoms with van der Waals surface area (Å²) in [5, 5.41) is 11.9. The van der Waals surface area contributed by atoms with Crippen molar-refractivity contribution in [3.63, 3.8) is 0 Å². The summed E-state index contributed by atoms with van der Waals surface area (Å²) < 4.78 is 11.5. The highest BCUT2D eigenvalue weighted by atomic mass is 127. The number of aryl methyl sites for hydroxylation is 1. The summed E-state index contributed by atoms with van der Waals surface area (Å²) >= 11 is 2.20. The first kappa shape index (κ1) is 18.2. The van der Waals surface area contributed by atoms with Crippen LogP contribution in [0.25, 0.3) is 0 Å². The Hall–Kier alpha value is -0.860. The van der Waals surface area contributed by atoms with Crippen molar-refractivity contribution >= 4 is 34.4 Å². The number of aliphatic hydroxyl groups excluding tert-OH is 1. The summed E-state index contributed by atoms with van der Waals surface area (Å²) in [6, 6.07) is 3.79. The van der Waals surface area contributed by atoms with Crippen LogP contribution >= 0.6 is 22.6 Å². The van der Waals surface area contributed by atoms with Gasteiger partial charge in [0, 0.05) is 9.26 Å². The predicted molar refractivity (Wildman–Crippen MR) is 90.2 cm³/mol. The molecule has 0 radical (unpaired) electrons. The second kappa shape index (κ2) is 7.42. The number of hydrogen-bond donors (Lipinski definition) is 2. The molecule has 21 heavy (non-hydrogen) atoms. The molecular formula is C15H22INO4. The van der Waals surface area contributed by atoms with Crippen LogP contribution in [0, 0.1) is 10.5 Å². The van der Waals surface area contributed by atoms with Gasteiger partial charge < -0.3 is 14.6 Å². The number of hydrogen-bond acceptors (Lipinski definition) is 4. The van der Waals surface area contributed by atoms with E-state index in [1.807, 2.05) is 39.8 Å². The van der Waals surface area contributed by atoms with E-state index in [1.165, 1.54) is 0 Å². The fourth-order valence-electron chi connectivity index (χ4n) is 1.59. The number of anilines is 1. The number of ether oxygens (including phenoxy) is 2. The van der Waals surface area contributed by atoms with E-state index < -0.39 is 18.0 Å². The molecule has 1 unspecified atom stereocenters. The van der Waals surface area contributed by atoms with Gasteiger partial charge in [-0.25, -0.2) is 4.79 Å². The lowest BCUT2D eigenvalue weighted by molar-refractivity contribution is -0.0941. The third kappa shape index (κ3) is 6.62. The number of aliphatic hydroxyl groups is 1. The number of carbonyl (C=O) groups excluding carboxylic acids is 1. The number of amides is 1. The molecule has 1 aromatic rings. The van der Waals surface area contributed by atoms with E-state index in [1.54, 1.807) is 6.92 Å². The lowest BCUT2D eigenvalue weighted by Gasteiger charge is -2.20. The third-order valence-corrected chi connectivity index (χ3v) is 3.51. The van der Waals surface area contributed by atoms with E-state index >= 15 is 0 Å². The fourth-order valence-corrected chi connectivity index (χ4v) is 2.37. The standard InChI is InChI=1S/C15H22INO4/c1-9-6-12(16)11(8-20-10(2)18)7-13(9)17-14(19)21-15(3,4)5/h6-7,10,18H,8H2,1-5H3,(H,17,19). The quantitative estimate of drug-likeness (QED) is 0.589. The number of nitrogens with one attached hydrogen (secondary N) is 1. The highest BCUT2D eigenvalue weighted by Crippen LogP contribution is 2.24. The van der Waals surface area contributed by atoms with Crippen LogP contribution in [-0.4, -0.2) is 23.1 Å². The monoisotopic (exact) mass is 407 g/mol. The second-order valence-corrected chi connectivity index (χ2v) is 6.96. The van der Waals surface area contributed by atoms with Gasteiger partial charge in [-0.3, -0.25) is 5.32 Å². The van der Waals surface area contributed by atoms with E-state index in [9.17, 15) is 9.90 Å². The summed E-state index contributed by atoms with van der Waals surface area (Å²) in [5.74, 6) is 0. The van der Waals surface area contributed by atoms with Crippen molar-refractivity contribution in [2.75, 3.05) is 5.32 Å². The van der Waals surface area contributed by atoms with Gasteiger partial charge in [-0.15, -0.1) is 0 Å². The van der Waals surface area contributed by atoms with Crippen LogP contribution in [0.1, 0.15) is 38.8 Å². The molecule has 0 aliphatic rings. The molecule has 5 nitrogen and oxygen atoms in total. The molecule has 2 N–H and O–H groups in total. The number of rotatable bonds is 4. The van der Waals surface area contributed by atoms with Crippen molar-refractivity contribution < 1.29 is 19.4 Å². The Morgan fingerprint density at radius 2 is 2.05 bits per heavy atom. The third-order valence-electron chi connectivity index (χ3n) is 2.51. The molecule has 0 aliphatic carbocycles. The summed E-state index contributed by atoms with van der Waals surface area (Å²) in [4.78, 5) is 11.8. The zero-order chi connectivity index (χ0) is 16.2. The Morgan fingerprint density at radius 3 is 2.57 bits per heavy atom. The number of benzene rings is 1. The first-order chi connectivity index (χ1) is 9.58. The number of halogens is 1. The van der Waals surface area contributed by atoms with Crippen LogP contribution in [0.5, 0.6) is 0 Å². The van der Waals surface area contributed by atoms with Gasteiger partial charge in [0.25, 0.3) is 0 Å². The Morgan fingerprint density at radius 1 is 1.43 bits per heavy atom. The maximum Gasteiger partial charge on any atom is 0.412 e. The predicted octanol–water partition coefficient (Wildman–Crippen LogP) is 3.80. The molecule has 1 amide bonds. The number of carbonyl (C=O) groups is 1. The zero-order valence-electron chi connectivity index (χ0n) is 13.0. The Balaban J connectivity index is 2.87. The molecule has 1 aromatic carbocycles. The summed E-state index contributed by atoms with van der Waals surface area (Å²) in [6.07, 6.45) is -1.32. The molecule has 0 saturated carbocycles. The smallest absolute Gasteiger partial charge is 0.412 e. The molecule has 0 aromatic heterocycles. The molecule has 1 atom stereocenters. The van der Waals surface area contributed by atoms with Crippen molar-refractivity contribution in [1.82, 2.24) is 0 Å². The normalized spacial score (nSPS) is 12.9. The maximum atomic E-state index is 11.8. The van der Waals surface area contributed by atoms with Crippen LogP contribution < -0.4 is 5.32 Å². The van der Waals surface area contributed by atoms with Gasteiger partial charge in [0.1, 0.15) is 5.60 Å². The summed E-state index contributed by atoms with van der Waals surface area (Å²) in [6.45, 7) is 9.19. The maximum absolute atomic E-state index is 11.8. The van der Waals surface area contributed by atoms with Crippen molar-refractivity contribution in [3.8, 4) is 0 Å². The van der Waals surface area contributed by atoms with Gasteiger partial charge in [-0.2, -0.15) is 0 Å². The van der Waals surface area contributed by atoms with Crippen LogP contribution in [0.4, 0.5) is 10.5 Å². The van der Waals surface area contributed by atoms with Crippen molar-refractivity contribution in [3.05, 3.63) is 26.8 Å². The van der Waals surface area contributed by atoms with E-state index in [-0.39, 0.29) is 6.61 Å². The van der Waals surface area contributed by atoms with E-state index in [0.29, 0.717) is 5.69 Å². The lowest BCUT2D eigenvalue weighted by Crippen LogP contribution is -2.27. The first-order valence-corrected chi connectivity index (χ1v) is 7.75. The van der Waals surface area contributed by atoms with Crippen molar-refractivity contribution in [1.29, 1.82) is 0 Å². The highest BCUT2D eigenvalue weighted by Gasteiger charge is 2.17. The minimum atomic E-state index is -0.829. The van der Waals surface area contributed by atoms with E-state index in [4.69, 9.17) is 9.47 Å². The van der Waals surface area contributed by atoms with E-state index in [2.05, 4.69) is 27.9 Å². The van der Waals surface area contributed by atoms with E-state index in [0.717, 1.165) is 14.7 Å². The fraction of sp³-hybridized carbons (Fsp3) is 0.533. The molecule has 0 bridgehead atoms. The molecule has 1 rings (SSSR count). The van der Waals surface area contributed by atoms with Crippen LogP contribution in [0.2, 0.25) is 0 Å². The molecular weight excluding hydrogens is 385 g/mol. The lowest BCUT2D eigenvalue weighted by atomic mass is 10.1. The van der Waals surface area contributed by atoms with Crippen molar-refractivity contribution in [2.45, 2.75) is 53.1 Å². The Labute approximate surface area is 139 Å². The van der Waals surface area contributed by atoms with Crippen LogP contribution in [0.15, 0.2) is 12.1 Å². The molecule has 118 valence electrons. The van der Waals surface area contributed by atoms with Crippen molar-refractivity contribution in [2.24, 2.45) is 0 Å². The molecule has 0 heterocycles. The molecule has 0 aliphatic heterocycles. The Bertz CT molecular complexity index is 509. The molecule has 0 fully saturated rings. The first-order valence-electron chi connectivity index (χ1n) is 6.67. The minimum Gasteiger partial charge on any atom is -0.444 e. The minimum absolute atomic E-state index is 0.277. The highest BCUT2D eigenvalue weighted by molar-refractivity contribution is 14.1. The molecule has 0 saturated heterocycles. The molecule has 0 spiro atoms. The second-order valence-electron chi connectivity index (χ2n) is 5.80. The SMILES string of the molecule is Cc1cc(I)c(COC(C)O)cc1NC(=O)OC(C)(C)C. The van der Waals surface area contributed by atoms with Gasteiger partial charge in [-0.1, -0.05) is 0 Å². The average molecular weight is 407 g/mol. The van der Waals surface area contributed by atoms with Crippen LogP contribution in [0.3, 0.4) is 0 Å². The van der Waals surface area contributed by atoms with Gasteiger partial charge in [0.2, 0.25) is 0 Å². The summed E-state index contributed by atoms with van der Waals surface area (Å²) in [5.41, 5.74) is 1.97. The average Bonchev–Trinajstić information content (AvgIpc) is 2.28. The topological polar surface area (TPSA) is 67.8 Å². The van der Waals surface area contributed by atoms with Crippen LogP contribution in [-0.2, 0) is 16.1 Å². The summed E-state index contributed by atoms with van der Waals surface area (Å²) in [7, 11) is 0. The molecule has 6 heteroatoms. The largest absolute Gasteiger partial charge is 0.444 e. The zero-order valence-corrected chi connectivity index (χ0v) is 15.1.